The Balaban J connectivity index is 1.71. The summed E-state index contributed by atoms with van der Waals surface area (Å²) in [6.45, 7) is 3.81. The summed E-state index contributed by atoms with van der Waals surface area (Å²) in [7, 11) is 0. The van der Waals surface area contributed by atoms with Gasteiger partial charge in [-0.2, -0.15) is 5.10 Å². The number of halogens is 2. The van der Waals surface area contributed by atoms with Gasteiger partial charge in [0.25, 0.3) is 0 Å². The van der Waals surface area contributed by atoms with E-state index in [9.17, 15) is 9.59 Å². The molecule has 0 bridgehead atoms. The van der Waals surface area contributed by atoms with Crippen LogP contribution < -0.4 is 14.9 Å². The first-order valence-electron chi connectivity index (χ1n) is 9.68. The standard InChI is InChI=1S/C22H20BrClN2O6/c1-3-29-18-8-13(7-16(24)21(18)31-12-20(27)30-4-2)11-25-26-22(28)19-10-14-9-15(23)5-6-17(14)32-19/h5-11H,3-4,12H2,1-2H3,(H,26,28)/b25-11+. The average molecular weight is 524 g/mol. The molecule has 0 aliphatic heterocycles. The molecule has 0 fully saturated rings. The van der Waals surface area contributed by atoms with Crippen LogP contribution in [-0.2, 0) is 9.53 Å². The van der Waals surface area contributed by atoms with E-state index in [-0.39, 0.29) is 29.7 Å². The largest absolute Gasteiger partial charge is 0.490 e. The van der Waals surface area contributed by atoms with E-state index >= 15 is 0 Å². The van der Waals surface area contributed by atoms with Crippen molar-refractivity contribution < 1.29 is 28.2 Å². The van der Waals surface area contributed by atoms with E-state index in [1.165, 1.54) is 6.21 Å². The molecule has 3 rings (SSSR count). The SMILES string of the molecule is CCOC(=O)COc1c(Cl)cc(/C=N/NC(=O)c2cc3cc(Br)ccc3o2)cc1OCC. The molecule has 1 heterocycles. The number of ether oxygens (including phenoxy) is 3. The quantitative estimate of drug-likeness (QED) is 0.242. The van der Waals surface area contributed by atoms with E-state index in [1.807, 2.05) is 12.1 Å². The molecule has 3 aromatic rings. The lowest BCUT2D eigenvalue weighted by molar-refractivity contribution is -0.145. The zero-order chi connectivity index (χ0) is 23.1. The molecule has 0 aliphatic rings. The van der Waals surface area contributed by atoms with Crippen LogP contribution >= 0.6 is 27.5 Å². The number of esters is 1. The molecule has 1 aromatic heterocycles. The number of nitrogens with zero attached hydrogens (tertiary/aromatic N) is 1. The Morgan fingerprint density at radius 3 is 2.72 bits per heavy atom. The van der Waals surface area contributed by atoms with Gasteiger partial charge < -0.3 is 18.6 Å². The van der Waals surface area contributed by atoms with Crippen molar-refractivity contribution in [1.29, 1.82) is 0 Å². The Labute approximate surface area is 197 Å². The molecular weight excluding hydrogens is 504 g/mol. The van der Waals surface area contributed by atoms with Crippen molar-refractivity contribution in [3.63, 3.8) is 0 Å². The highest BCUT2D eigenvalue weighted by molar-refractivity contribution is 9.10. The molecule has 8 nitrogen and oxygen atoms in total. The first-order chi connectivity index (χ1) is 15.4. The number of carbonyl (C=O) groups is 2. The Bertz CT molecular complexity index is 1160. The maximum Gasteiger partial charge on any atom is 0.344 e. The summed E-state index contributed by atoms with van der Waals surface area (Å²) in [6.07, 6.45) is 1.40. The zero-order valence-electron chi connectivity index (χ0n) is 17.3. The monoisotopic (exact) mass is 522 g/mol. The van der Waals surface area contributed by atoms with Crippen LogP contribution in [0, 0.1) is 0 Å². The number of rotatable bonds is 9. The van der Waals surface area contributed by atoms with Crippen LogP contribution in [0.15, 0.2) is 50.4 Å². The first-order valence-corrected chi connectivity index (χ1v) is 10.9. The Hall–Kier alpha value is -3.04. The van der Waals surface area contributed by atoms with E-state index in [2.05, 4.69) is 26.5 Å². The van der Waals surface area contributed by atoms with Gasteiger partial charge in [0.1, 0.15) is 5.58 Å². The highest BCUT2D eigenvalue weighted by Crippen LogP contribution is 2.36. The fourth-order valence-electron chi connectivity index (χ4n) is 2.75. The lowest BCUT2D eigenvalue weighted by Crippen LogP contribution is -2.17. The number of amides is 1. The molecule has 2 aromatic carbocycles. The van der Waals surface area contributed by atoms with Gasteiger partial charge in [-0.15, -0.1) is 0 Å². The average Bonchev–Trinajstić information content (AvgIpc) is 3.17. The minimum Gasteiger partial charge on any atom is -0.490 e. The topological polar surface area (TPSA) is 99.4 Å². The lowest BCUT2D eigenvalue weighted by atomic mass is 10.2. The minimum absolute atomic E-state index is 0.131. The van der Waals surface area contributed by atoms with E-state index in [0.717, 1.165) is 9.86 Å². The van der Waals surface area contributed by atoms with Crippen LogP contribution in [0.5, 0.6) is 11.5 Å². The van der Waals surface area contributed by atoms with Crippen molar-refractivity contribution >= 4 is 56.6 Å². The molecule has 0 unspecified atom stereocenters. The maximum absolute atomic E-state index is 12.3. The number of nitrogens with one attached hydrogen (secondary N) is 1. The highest BCUT2D eigenvalue weighted by Gasteiger charge is 2.15. The van der Waals surface area contributed by atoms with Crippen molar-refractivity contribution in [3.05, 3.63) is 57.2 Å². The number of carbonyl (C=O) groups excluding carboxylic acids is 2. The second-order valence-corrected chi connectivity index (χ2v) is 7.67. The summed E-state index contributed by atoms with van der Waals surface area (Å²) in [6, 6.07) is 10.3. The summed E-state index contributed by atoms with van der Waals surface area (Å²) >= 11 is 9.68. The molecule has 0 radical (unpaired) electrons. The number of fused-ring (bicyclic) bond motifs is 1. The van der Waals surface area contributed by atoms with E-state index < -0.39 is 11.9 Å². The predicted molar refractivity (Wildman–Crippen MR) is 124 cm³/mol. The third-order valence-electron chi connectivity index (χ3n) is 4.05. The second-order valence-electron chi connectivity index (χ2n) is 6.35. The second kappa shape index (κ2) is 11.0. The third-order valence-corrected chi connectivity index (χ3v) is 4.83. The molecule has 0 saturated carbocycles. The van der Waals surface area contributed by atoms with Gasteiger partial charge in [-0.1, -0.05) is 27.5 Å². The van der Waals surface area contributed by atoms with Crippen LogP contribution in [-0.4, -0.2) is 37.9 Å². The van der Waals surface area contributed by atoms with Crippen LogP contribution in [0.1, 0.15) is 30.0 Å². The van der Waals surface area contributed by atoms with Gasteiger partial charge in [0.2, 0.25) is 0 Å². The van der Waals surface area contributed by atoms with Crippen LogP contribution in [0.4, 0.5) is 0 Å². The van der Waals surface area contributed by atoms with Gasteiger partial charge in [-0.3, -0.25) is 4.79 Å². The summed E-state index contributed by atoms with van der Waals surface area (Å²) in [5, 5.41) is 4.96. The molecule has 32 heavy (non-hydrogen) atoms. The smallest absolute Gasteiger partial charge is 0.344 e. The van der Waals surface area contributed by atoms with Crippen molar-refractivity contribution in [3.8, 4) is 11.5 Å². The fourth-order valence-corrected chi connectivity index (χ4v) is 3.40. The van der Waals surface area contributed by atoms with Crippen molar-refractivity contribution in [2.24, 2.45) is 5.10 Å². The van der Waals surface area contributed by atoms with Crippen molar-refractivity contribution in [2.75, 3.05) is 19.8 Å². The third kappa shape index (κ3) is 6.02. The van der Waals surface area contributed by atoms with Crippen LogP contribution in [0.2, 0.25) is 5.02 Å². The van der Waals surface area contributed by atoms with Crippen LogP contribution in [0.3, 0.4) is 0 Å². The molecular formula is C22H20BrClN2O6. The van der Waals surface area contributed by atoms with Crippen molar-refractivity contribution in [1.82, 2.24) is 5.43 Å². The minimum atomic E-state index is -0.516. The van der Waals surface area contributed by atoms with Gasteiger partial charge in [0.05, 0.1) is 24.5 Å². The normalized spacial score (nSPS) is 11.0. The van der Waals surface area contributed by atoms with E-state index in [4.69, 9.17) is 30.2 Å². The molecule has 1 N–H and O–H groups in total. The molecule has 0 saturated heterocycles. The van der Waals surface area contributed by atoms with Gasteiger partial charge in [0.15, 0.2) is 23.9 Å². The summed E-state index contributed by atoms with van der Waals surface area (Å²) in [4.78, 5) is 23.9. The zero-order valence-corrected chi connectivity index (χ0v) is 19.7. The Morgan fingerprint density at radius 2 is 1.97 bits per heavy atom. The van der Waals surface area contributed by atoms with Crippen LogP contribution in [0.25, 0.3) is 11.0 Å². The number of furan rings is 1. The molecule has 10 heteroatoms. The highest BCUT2D eigenvalue weighted by atomic mass is 79.9. The van der Waals surface area contributed by atoms with E-state index in [0.29, 0.717) is 23.5 Å². The van der Waals surface area contributed by atoms with Crippen molar-refractivity contribution in [2.45, 2.75) is 13.8 Å². The first kappa shape index (κ1) is 23.6. The molecule has 0 spiro atoms. The summed E-state index contributed by atoms with van der Waals surface area (Å²) < 4.78 is 22.3. The van der Waals surface area contributed by atoms with E-state index in [1.54, 1.807) is 38.1 Å². The fraction of sp³-hybridized carbons (Fsp3) is 0.227. The summed E-state index contributed by atoms with van der Waals surface area (Å²) in [5.41, 5.74) is 3.55. The number of hydrogen-bond acceptors (Lipinski definition) is 7. The predicted octanol–water partition coefficient (Wildman–Crippen LogP) is 4.95. The summed E-state index contributed by atoms with van der Waals surface area (Å²) in [5.74, 6) is -0.335. The maximum atomic E-state index is 12.3. The number of hydrazone groups is 1. The lowest BCUT2D eigenvalue weighted by Gasteiger charge is -2.14. The molecule has 168 valence electrons. The molecule has 0 aliphatic carbocycles. The number of hydrogen-bond donors (Lipinski definition) is 1. The van der Waals surface area contributed by atoms with Gasteiger partial charge in [-0.25, -0.2) is 10.2 Å². The van der Waals surface area contributed by atoms with Gasteiger partial charge in [0, 0.05) is 9.86 Å². The molecule has 1 amide bonds. The Kier molecular flexibility index (Phi) is 8.13. The molecule has 0 atom stereocenters. The van der Waals surface area contributed by atoms with Gasteiger partial charge >= 0.3 is 11.9 Å². The number of benzene rings is 2. The Morgan fingerprint density at radius 1 is 1.16 bits per heavy atom. The van der Waals surface area contributed by atoms with Gasteiger partial charge in [-0.05, 0) is 55.8 Å².